The van der Waals surface area contributed by atoms with E-state index in [-0.39, 0.29) is 5.78 Å². The molecule has 0 atom stereocenters. The Morgan fingerprint density at radius 2 is 1.07 bits per heavy atom. The maximum Gasteiger partial charge on any atom is 0.230 e. The predicted octanol–water partition coefficient (Wildman–Crippen LogP) is 2.99. The van der Waals surface area contributed by atoms with Crippen LogP contribution in [0.5, 0.6) is 0 Å². The Kier molecular flexibility index (Phi) is 4.87. The van der Waals surface area contributed by atoms with Crippen molar-refractivity contribution in [3.05, 3.63) is 103 Å². The van der Waals surface area contributed by atoms with Crippen LogP contribution < -0.4 is 15.6 Å². The number of carbonyl (C=O) groups is 1. The lowest BCUT2D eigenvalue weighted by atomic mass is 10.2. The van der Waals surface area contributed by atoms with Crippen LogP contribution in [0.4, 0.5) is 0 Å². The summed E-state index contributed by atoms with van der Waals surface area (Å²) in [6.07, 6.45) is 3.06. The average molecular weight is 365 g/mol. The highest BCUT2D eigenvalue weighted by Crippen LogP contribution is 2.14. The quantitative estimate of drug-likeness (QED) is 0.397. The van der Waals surface area contributed by atoms with Crippen molar-refractivity contribution in [2.24, 2.45) is 0 Å². The maximum atomic E-state index is 11.7. The summed E-state index contributed by atoms with van der Waals surface area (Å²) in [7, 11) is -2.53. The Hall–Kier alpha value is -3.15. The topological polar surface area (TPSA) is 17.1 Å². The molecule has 0 spiro atoms. The van der Waals surface area contributed by atoms with Crippen molar-refractivity contribution in [2.45, 2.75) is 12.8 Å². The zero-order valence-corrected chi connectivity index (χ0v) is 16.1. The molecule has 0 aromatic heterocycles. The molecule has 0 unspecified atom stereocenters. The van der Waals surface area contributed by atoms with Crippen LogP contribution in [0.25, 0.3) is 0 Å². The van der Waals surface area contributed by atoms with E-state index >= 15 is 0 Å². The van der Waals surface area contributed by atoms with Gasteiger partial charge in [-0.1, -0.05) is 96.9 Å². The second-order valence-electron chi connectivity index (χ2n) is 6.73. The summed E-state index contributed by atoms with van der Waals surface area (Å²) in [5.74, 6) is 3.59. The molecule has 1 aliphatic carbocycles. The summed E-state index contributed by atoms with van der Waals surface area (Å²) in [5, 5.41) is 3.79. The first-order valence-corrected chi connectivity index (χ1v) is 11.2. The Morgan fingerprint density at radius 1 is 0.630 bits per heavy atom. The molecule has 0 saturated carbocycles. The fourth-order valence-corrected chi connectivity index (χ4v) is 7.51. The molecule has 0 N–H and O–H groups in total. The summed E-state index contributed by atoms with van der Waals surface area (Å²) < 4.78 is 0. The van der Waals surface area contributed by atoms with Crippen molar-refractivity contribution in [1.29, 1.82) is 0 Å². The van der Waals surface area contributed by atoms with Gasteiger partial charge in [0.25, 0.3) is 0 Å². The van der Waals surface area contributed by atoms with E-state index in [2.05, 4.69) is 84.3 Å². The van der Waals surface area contributed by atoms with E-state index in [0.717, 1.165) is 12.0 Å². The number of hydrogen-bond acceptors (Lipinski definition) is 1. The molecule has 27 heavy (non-hydrogen) atoms. The Balaban J connectivity index is 2.00. The fraction of sp³-hybridized carbons (Fsp3) is 0.0800. The molecule has 0 amide bonds. The lowest BCUT2D eigenvalue weighted by Crippen LogP contribution is -2.66. The van der Waals surface area contributed by atoms with Gasteiger partial charge in [-0.3, -0.25) is 4.79 Å². The minimum absolute atomic E-state index is 0.186. The largest absolute Gasteiger partial charge is 0.295 e. The van der Waals surface area contributed by atoms with Crippen LogP contribution in [0.1, 0.15) is 12.8 Å². The number of allylic oxidation sites excluding steroid dienone is 2. The number of carbonyl (C=O) groups excluding carboxylic acids is 1. The first kappa shape index (κ1) is 17.3. The summed E-state index contributed by atoms with van der Waals surface area (Å²) in [6.45, 7) is 0. The first-order valence-electron chi connectivity index (χ1n) is 9.22. The lowest BCUT2D eigenvalue weighted by molar-refractivity contribution is -0.114. The Morgan fingerprint density at radius 3 is 1.44 bits per heavy atom. The minimum Gasteiger partial charge on any atom is -0.295 e. The van der Waals surface area contributed by atoms with Crippen LogP contribution in [-0.2, 0) is 4.79 Å². The highest BCUT2D eigenvalue weighted by molar-refractivity contribution is 7.16. The zero-order chi connectivity index (χ0) is 18.5. The third-order valence-corrected chi connectivity index (χ3v) is 9.10. The average Bonchev–Trinajstić information content (AvgIpc) is 3.16. The van der Waals surface area contributed by atoms with Gasteiger partial charge in [-0.05, 0) is 28.1 Å². The highest BCUT2D eigenvalue weighted by atomic mass is 28.3. The summed E-state index contributed by atoms with van der Waals surface area (Å²) in [4.78, 5) is 11.7. The third-order valence-electron chi connectivity index (χ3n) is 5.01. The molecule has 3 aromatic rings. The van der Waals surface area contributed by atoms with Crippen LogP contribution in [0.15, 0.2) is 103 Å². The van der Waals surface area contributed by atoms with Crippen LogP contribution in [0, 0.1) is 11.5 Å². The van der Waals surface area contributed by atoms with Gasteiger partial charge in [0.05, 0.1) is 0 Å². The molecule has 4 rings (SSSR count). The van der Waals surface area contributed by atoms with Crippen molar-refractivity contribution in [3.63, 3.8) is 0 Å². The summed E-state index contributed by atoms with van der Waals surface area (Å²) in [5.41, 5.74) is 4.67. The molecule has 2 heteroatoms. The van der Waals surface area contributed by atoms with Gasteiger partial charge in [0.2, 0.25) is 8.07 Å². The van der Waals surface area contributed by atoms with Crippen molar-refractivity contribution in [1.82, 2.24) is 0 Å². The monoisotopic (exact) mass is 364 g/mol. The van der Waals surface area contributed by atoms with Gasteiger partial charge >= 0.3 is 0 Å². The predicted molar refractivity (Wildman–Crippen MR) is 114 cm³/mol. The Labute approximate surface area is 161 Å². The molecular weight excluding hydrogens is 344 g/mol. The van der Waals surface area contributed by atoms with Gasteiger partial charge in [0, 0.05) is 12.0 Å². The van der Waals surface area contributed by atoms with Crippen molar-refractivity contribution in [3.8, 4) is 11.5 Å². The van der Waals surface area contributed by atoms with E-state index in [1.54, 1.807) is 6.08 Å². The fourth-order valence-electron chi connectivity index (χ4n) is 3.65. The normalized spacial score (nSPS) is 13.6. The van der Waals surface area contributed by atoms with E-state index in [0.29, 0.717) is 6.42 Å². The van der Waals surface area contributed by atoms with Gasteiger partial charge in [0.1, 0.15) is 0 Å². The molecule has 1 nitrogen and oxygen atoms in total. The molecule has 0 saturated heterocycles. The second-order valence-corrected chi connectivity index (χ2v) is 10.2. The van der Waals surface area contributed by atoms with Crippen LogP contribution in [0.3, 0.4) is 0 Å². The second kappa shape index (κ2) is 7.61. The van der Waals surface area contributed by atoms with E-state index in [1.807, 2.05) is 18.2 Å². The van der Waals surface area contributed by atoms with Crippen LogP contribution >= 0.6 is 0 Å². The van der Waals surface area contributed by atoms with Crippen molar-refractivity contribution in [2.75, 3.05) is 0 Å². The van der Waals surface area contributed by atoms with Gasteiger partial charge < -0.3 is 0 Å². The van der Waals surface area contributed by atoms with Gasteiger partial charge in [-0.15, -0.1) is 5.54 Å². The minimum atomic E-state index is -2.53. The third kappa shape index (κ3) is 3.42. The van der Waals surface area contributed by atoms with Gasteiger partial charge in [-0.25, -0.2) is 0 Å². The Bertz CT molecular complexity index is 929. The van der Waals surface area contributed by atoms with E-state index < -0.39 is 8.07 Å². The molecule has 0 radical (unpaired) electrons. The number of hydrogen-bond donors (Lipinski definition) is 0. The molecule has 0 aliphatic heterocycles. The molecule has 1 aliphatic rings. The number of benzene rings is 3. The molecule has 0 bridgehead atoms. The standard InChI is InChI=1S/C25H20OSi/c26-22-17-16-21(20-22)18-19-27(23-10-4-1-5-11-23,24-12-6-2-7-13-24)25-14-8-3-9-15-25/h1-15,20H,16-17H2. The van der Waals surface area contributed by atoms with Crippen LogP contribution in [0.2, 0.25) is 0 Å². The van der Waals surface area contributed by atoms with E-state index in [9.17, 15) is 4.79 Å². The first-order chi connectivity index (χ1) is 13.3. The van der Waals surface area contributed by atoms with E-state index in [1.165, 1.54) is 15.6 Å². The maximum absolute atomic E-state index is 11.7. The molecule has 0 heterocycles. The molecule has 0 fully saturated rings. The number of ketones is 1. The van der Waals surface area contributed by atoms with Gasteiger partial charge in [-0.2, -0.15) is 0 Å². The van der Waals surface area contributed by atoms with Gasteiger partial charge in [0.15, 0.2) is 5.78 Å². The zero-order valence-electron chi connectivity index (χ0n) is 15.1. The summed E-state index contributed by atoms with van der Waals surface area (Å²) in [6, 6.07) is 31.8. The van der Waals surface area contributed by atoms with Crippen LogP contribution in [-0.4, -0.2) is 13.9 Å². The molecular formula is C25H20OSi. The molecule has 3 aromatic carbocycles. The number of rotatable bonds is 3. The SMILES string of the molecule is O=C1C=C(C#C[Si](c2ccccc2)(c2ccccc2)c2ccccc2)CC1. The van der Waals surface area contributed by atoms with E-state index in [4.69, 9.17) is 0 Å². The summed E-state index contributed by atoms with van der Waals surface area (Å²) >= 11 is 0. The highest BCUT2D eigenvalue weighted by Gasteiger charge is 2.38. The lowest BCUT2D eigenvalue weighted by Gasteiger charge is -2.28. The van der Waals surface area contributed by atoms with Crippen molar-refractivity contribution < 1.29 is 4.79 Å². The van der Waals surface area contributed by atoms with Crippen molar-refractivity contribution >= 4 is 29.4 Å². The molecule has 130 valence electrons. The smallest absolute Gasteiger partial charge is 0.230 e.